The largest absolute Gasteiger partial charge is 0.494 e. The molecule has 0 amide bonds. The topological polar surface area (TPSA) is 13.7 Å². The minimum atomic E-state index is -0.831. The lowest BCUT2D eigenvalue weighted by atomic mass is 9.64. The highest BCUT2D eigenvalue weighted by molar-refractivity contribution is 5.78. The van der Waals surface area contributed by atoms with Crippen LogP contribution in [0.5, 0.6) is 5.75 Å². The van der Waals surface area contributed by atoms with Gasteiger partial charge in [-0.15, -0.1) is 0 Å². The number of nitrogens with one attached hydrogen (secondary N) is 1. The molecule has 1 saturated carbocycles. The van der Waals surface area contributed by atoms with Crippen molar-refractivity contribution in [2.24, 2.45) is 17.8 Å². The van der Waals surface area contributed by atoms with Crippen LogP contribution in [0.3, 0.4) is 0 Å². The average Bonchev–Trinajstić information content (AvgIpc) is 2.96. The van der Waals surface area contributed by atoms with Crippen molar-refractivity contribution >= 4 is 5.57 Å². The lowest BCUT2D eigenvalue weighted by Gasteiger charge is -2.51. The smallest absolute Gasteiger partial charge is 0.200 e. The third kappa shape index (κ3) is 2.09. The van der Waals surface area contributed by atoms with Crippen molar-refractivity contribution < 1.29 is 18.4 Å². The lowest BCUT2D eigenvalue weighted by molar-refractivity contribution is -0.947. The summed E-state index contributed by atoms with van der Waals surface area (Å²) in [5.74, 6) is 0.673. The molecule has 4 heteroatoms. The molecule has 3 aliphatic heterocycles. The summed E-state index contributed by atoms with van der Waals surface area (Å²) < 4.78 is 34.0. The maximum Gasteiger partial charge on any atom is 0.200 e. The minimum Gasteiger partial charge on any atom is -0.494 e. The monoisotopic (exact) mass is 346 g/mol. The molecule has 0 radical (unpaired) electrons. The molecule has 1 aromatic carbocycles. The predicted molar refractivity (Wildman–Crippen MR) is 92.6 cm³/mol. The number of quaternary nitrogens is 1. The first-order valence-corrected chi connectivity index (χ1v) is 9.74. The average molecular weight is 346 g/mol. The molecular weight excluding hydrogens is 320 g/mol. The summed E-state index contributed by atoms with van der Waals surface area (Å²) in [6, 6.07) is 2.43. The van der Waals surface area contributed by atoms with E-state index in [1.165, 1.54) is 44.1 Å². The molecule has 4 bridgehead atoms. The van der Waals surface area contributed by atoms with Crippen molar-refractivity contribution in [2.45, 2.75) is 45.1 Å². The second kappa shape index (κ2) is 5.54. The van der Waals surface area contributed by atoms with Crippen LogP contribution in [-0.2, 0) is 6.42 Å². The first kappa shape index (κ1) is 15.8. The molecule has 0 spiro atoms. The zero-order valence-corrected chi connectivity index (χ0v) is 15.0. The Labute approximate surface area is 147 Å². The molecular formula is C21H26F2NO+. The molecule has 134 valence electrons. The zero-order chi connectivity index (χ0) is 17.3. The minimum absolute atomic E-state index is 0.0397. The second-order valence-electron chi connectivity index (χ2n) is 8.41. The Morgan fingerprint density at radius 1 is 1.24 bits per heavy atom. The molecule has 2 aliphatic carbocycles. The summed E-state index contributed by atoms with van der Waals surface area (Å²) >= 11 is 0. The number of halogens is 2. The first-order chi connectivity index (χ1) is 12.1. The Hall–Kier alpha value is -1.42. The van der Waals surface area contributed by atoms with Gasteiger partial charge in [-0.1, -0.05) is 12.5 Å². The molecule has 3 heterocycles. The molecule has 2 nitrogen and oxygen atoms in total. The number of piperidine rings is 2. The van der Waals surface area contributed by atoms with Gasteiger partial charge in [0.15, 0.2) is 11.6 Å². The van der Waals surface area contributed by atoms with Gasteiger partial charge < -0.3 is 9.64 Å². The highest BCUT2D eigenvalue weighted by Gasteiger charge is 2.53. The third-order valence-electron chi connectivity index (χ3n) is 7.43. The zero-order valence-electron chi connectivity index (χ0n) is 15.0. The van der Waals surface area contributed by atoms with Crippen LogP contribution in [-0.4, -0.2) is 26.2 Å². The summed E-state index contributed by atoms with van der Waals surface area (Å²) in [4.78, 5) is 1.77. The summed E-state index contributed by atoms with van der Waals surface area (Å²) in [7, 11) is 1.41. The van der Waals surface area contributed by atoms with Crippen molar-refractivity contribution in [1.82, 2.24) is 0 Å². The van der Waals surface area contributed by atoms with Crippen LogP contribution in [0.2, 0.25) is 0 Å². The first-order valence-electron chi connectivity index (χ1n) is 9.74. The Morgan fingerprint density at radius 3 is 2.84 bits per heavy atom. The van der Waals surface area contributed by atoms with Crippen LogP contribution < -0.4 is 9.64 Å². The van der Waals surface area contributed by atoms with Crippen LogP contribution in [0.25, 0.3) is 5.57 Å². The van der Waals surface area contributed by atoms with E-state index in [-0.39, 0.29) is 5.75 Å². The quantitative estimate of drug-likeness (QED) is 0.869. The van der Waals surface area contributed by atoms with Crippen molar-refractivity contribution in [2.75, 3.05) is 20.2 Å². The molecule has 2 saturated heterocycles. The Morgan fingerprint density at radius 2 is 2.08 bits per heavy atom. The molecule has 25 heavy (non-hydrogen) atoms. The fourth-order valence-corrected chi connectivity index (χ4v) is 6.48. The van der Waals surface area contributed by atoms with E-state index in [0.29, 0.717) is 23.9 Å². The fraction of sp³-hybridized carbons (Fsp3) is 0.619. The molecule has 1 aromatic rings. The van der Waals surface area contributed by atoms with E-state index in [1.807, 2.05) is 0 Å². The number of rotatable bonds is 2. The van der Waals surface area contributed by atoms with E-state index in [1.54, 1.807) is 11.0 Å². The highest BCUT2D eigenvalue weighted by Crippen LogP contribution is 2.49. The van der Waals surface area contributed by atoms with E-state index in [2.05, 4.69) is 6.92 Å². The van der Waals surface area contributed by atoms with Crippen LogP contribution >= 0.6 is 0 Å². The molecule has 6 rings (SSSR count). The summed E-state index contributed by atoms with van der Waals surface area (Å²) in [6.45, 7) is 4.76. The van der Waals surface area contributed by atoms with E-state index < -0.39 is 11.6 Å². The van der Waals surface area contributed by atoms with Gasteiger partial charge in [0.25, 0.3) is 0 Å². The molecule has 1 unspecified atom stereocenters. The van der Waals surface area contributed by atoms with Crippen LogP contribution in [0, 0.1) is 29.4 Å². The maximum absolute atomic E-state index is 14.7. The van der Waals surface area contributed by atoms with Crippen molar-refractivity contribution in [3.8, 4) is 5.75 Å². The summed E-state index contributed by atoms with van der Waals surface area (Å²) in [5.41, 5.74) is 4.21. The number of ether oxygens (including phenoxy) is 1. The maximum atomic E-state index is 14.7. The number of hydrogen-bond donors (Lipinski definition) is 1. The lowest BCUT2D eigenvalue weighted by Crippen LogP contribution is -3.20. The second-order valence-corrected chi connectivity index (χ2v) is 8.41. The predicted octanol–water partition coefficient (Wildman–Crippen LogP) is 3.01. The van der Waals surface area contributed by atoms with Crippen LogP contribution in [0.4, 0.5) is 8.78 Å². The molecule has 5 atom stereocenters. The molecule has 0 aromatic heterocycles. The normalized spacial score (nSPS) is 35.4. The van der Waals surface area contributed by atoms with Crippen molar-refractivity contribution in [3.05, 3.63) is 34.4 Å². The van der Waals surface area contributed by atoms with Gasteiger partial charge in [0, 0.05) is 29.7 Å². The van der Waals surface area contributed by atoms with Gasteiger partial charge in [-0.2, -0.15) is 4.39 Å². The van der Waals surface area contributed by atoms with E-state index >= 15 is 0 Å². The molecule has 5 aliphatic rings. The molecule has 3 fully saturated rings. The number of methoxy groups -OCH3 is 1. The Kier molecular flexibility index (Phi) is 3.50. The SMILES string of the molecule is CC[C@H]1C[C@@H]2C[C@H]3C4=C(CC[NH+](C2)[C@@H]13)c1cc(OC)c(F)c(F)c1C4. The van der Waals surface area contributed by atoms with Gasteiger partial charge in [0.05, 0.1) is 26.2 Å². The number of benzene rings is 1. The van der Waals surface area contributed by atoms with Gasteiger partial charge in [0.1, 0.15) is 0 Å². The van der Waals surface area contributed by atoms with Gasteiger partial charge >= 0.3 is 0 Å². The van der Waals surface area contributed by atoms with Crippen molar-refractivity contribution in [1.29, 1.82) is 0 Å². The van der Waals surface area contributed by atoms with Crippen molar-refractivity contribution in [3.63, 3.8) is 0 Å². The van der Waals surface area contributed by atoms with Gasteiger partial charge in [-0.25, -0.2) is 4.39 Å². The van der Waals surface area contributed by atoms with Gasteiger partial charge in [-0.05, 0) is 42.9 Å². The third-order valence-corrected chi connectivity index (χ3v) is 7.43. The number of fused-ring (bicyclic) bond motifs is 3. The van der Waals surface area contributed by atoms with Crippen LogP contribution in [0.15, 0.2) is 11.6 Å². The standard InChI is InChI=1S/C21H25F2NO/c1-3-12-6-11-7-17-14-8-16-15(9-18(25-2)20(23)19(16)22)13(14)4-5-24(10-11)21(12)17/h9,11-12,17,21H,3-8,10H2,1-2H3/p+1/t11-,12+,17+,21+/m1/s1. The summed E-state index contributed by atoms with van der Waals surface area (Å²) in [5, 5.41) is 0. The van der Waals surface area contributed by atoms with Crippen LogP contribution in [0.1, 0.15) is 43.7 Å². The highest BCUT2D eigenvalue weighted by atomic mass is 19.2. The fourth-order valence-electron chi connectivity index (χ4n) is 6.48. The van der Waals surface area contributed by atoms with E-state index in [4.69, 9.17) is 4.74 Å². The van der Waals surface area contributed by atoms with E-state index in [9.17, 15) is 8.78 Å². The van der Waals surface area contributed by atoms with Gasteiger partial charge in [0.2, 0.25) is 5.82 Å². The van der Waals surface area contributed by atoms with Gasteiger partial charge in [-0.3, -0.25) is 0 Å². The Balaban J connectivity index is 1.62. The summed E-state index contributed by atoms with van der Waals surface area (Å²) in [6.07, 6.45) is 5.46. The number of hydrogen-bond acceptors (Lipinski definition) is 1. The molecule has 1 N–H and O–H groups in total. The van der Waals surface area contributed by atoms with E-state index in [0.717, 1.165) is 30.4 Å². The Bertz CT molecular complexity index is 772.